The van der Waals surface area contributed by atoms with Crippen molar-refractivity contribution in [1.82, 2.24) is 5.09 Å². The van der Waals surface area contributed by atoms with E-state index in [2.05, 4.69) is 24.3 Å². The van der Waals surface area contributed by atoms with Gasteiger partial charge in [-0.15, -0.1) is 0 Å². The van der Waals surface area contributed by atoms with Crippen molar-refractivity contribution in [1.29, 1.82) is 0 Å². The summed E-state index contributed by atoms with van der Waals surface area (Å²) in [6.45, 7) is 4.21. The quantitative estimate of drug-likeness (QED) is 0.466. The van der Waals surface area contributed by atoms with E-state index in [0.29, 0.717) is 15.7 Å². The van der Waals surface area contributed by atoms with Gasteiger partial charge in [-0.3, -0.25) is 5.09 Å². The molecular formula is C13H19Cl2N2OPS3. The maximum Gasteiger partial charge on any atom is 0.324 e. The number of hydrogen-bond donors (Lipinski definition) is 2. The highest BCUT2D eigenvalue weighted by atomic mass is 35.5. The van der Waals surface area contributed by atoms with Crippen LogP contribution in [0.25, 0.3) is 0 Å². The lowest BCUT2D eigenvalue weighted by molar-refractivity contribution is 0.257. The molecule has 0 radical (unpaired) electrons. The second kappa shape index (κ2) is 10.3. The standard InChI is InChI=1S/C13H19Cl2N2OPS3/c1-3-7-21-19(20,22-8-4-2)17-13(18)16-10-5-6-11(14)12(15)9-10/h5-6,9H,3-4,7-8H2,1-2H3,(H2,16,17,18,20). The fourth-order valence-electron chi connectivity index (χ4n) is 1.38. The average molecular weight is 417 g/mol. The van der Waals surface area contributed by atoms with Crippen LogP contribution in [0.4, 0.5) is 10.5 Å². The first kappa shape index (κ1) is 20.5. The highest BCUT2D eigenvalue weighted by Gasteiger charge is 2.20. The van der Waals surface area contributed by atoms with Crippen molar-refractivity contribution in [3.05, 3.63) is 28.2 Å². The van der Waals surface area contributed by atoms with Crippen molar-refractivity contribution in [3.8, 4) is 0 Å². The minimum atomic E-state index is -2.02. The molecule has 0 spiro atoms. The SMILES string of the molecule is CCCSP(=S)(NC(=O)Nc1ccc(Cl)c(Cl)c1)SCCC. The van der Waals surface area contributed by atoms with Crippen LogP contribution in [0.3, 0.4) is 0 Å². The largest absolute Gasteiger partial charge is 0.324 e. The van der Waals surface area contributed by atoms with Crippen LogP contribution in [0.5, 0.6) is 0 Å². The van der Waals surface area contributed by atoms with Crippen LogP contribution < -0.4 is 10.4 Å². The molecule has 9 heteroatoms. The van der Waals surface area contributed by atoms with Crippen LogP contribution in [0.15, 0.2) is 18.2 Å². The molecule has 0 atom stereocenters. The molecule has 0 saturated heterocycles. The molecule has 0 aliphatic carbocycles. The molecule has 2 amide bonds. The van der Waals surface area contributed by atoms with Crippen LogP contribution in [0.1, 0.15) is 26.7 Å². The normalized spacial score (nSPS) is 11.3. The summed E-state index contributed by atoms with van der Waals surface area (Å²) in [5.41, 5.74) is 0.592. The Morgan fingerprint density at radius 1 is 1.18 bits per heavy atom. The fraction of sp³-hybridized carbons (Fsp3) is 0.462. The molecule has 0 unspecified atom stereocenters. The van der Waals surface area contributed by atoms with Gasteiger partial charge in [-0.1, -0.05) is 71.6 Å². The Kier molecular flexibility index (Phi) is 9.60. The predicted molar refractivity (Wildman–Crippen MR) is 108 cm³/mol. The van der Waals surface area contributed by atoms with Crippen LogP contribution >= 0.6 is 50.6 Å². The Balaban J connectivity index is 2.69. The topological polar surface area (TPSA) is 41.1 Å². The lowest BCUT2D eigenvalue weighted by Gasteiger charge is -2.22. The number of urea groups is 1. The number of carbonyl (C=O) groups is 1. The van der Waals surface area contributed by atoms with E-state index in [0.717, 1.165) is 24.3 Å². The van der Waals surface area contributed by atoms with Crippen LogP contribution in [0, 0.1) is 0 Å². The molecule has 2 N–H and O–H groups in total. The van der Waals surface area contributed by atoms with E-state index in [1.54, 1.807) is 41.0 Å². The third-order valence-corrected chi connectivity index (χ3v) is 13.2. The molecule has 0 heterocycles. The molecular weight excluding hydrogens is 398 g/mol. The second-order valence-corrected chi connectivity index (χ2v) is 16.3. The zero-order valence-corrected chi connectivity index (χ0v) is 17.3. The number of halogens is 2. The van der Waals surface area contributed by atoms with Gasteiger partial charge in [0.05, 0.1) is 10.0 Å². The van der Waals surface area contributed by atoms with Crippen molar-refractivity contribution < 1.29 is 4.79 Å². The number of anilines is 1. The first-order chi connectivity index (χ1) is 10.4. The molecule has 0 fully saturated rings. The van der Waals surface area contributed by atoms with Gasteiger partial charge in [-0.25, -0.2) is 4.79 Å². The van der Waals surface area contributed by atoms with Crippen LogP contribution in [-0.4, -0.2) is 17.5 Å². The van der Waals surface area contributed by atoms with E-state index >= 15 is 0 Å². The highest BCUT2D eigenvalue weighted by molar-refractivity contribution is 9.00. The molecule has 0 aliphatic heterocycles. The van der Waals surface area contributed by atoms with Crippen molar-refractivity contribution >= 4 is 74.1 Å². The minimum absolute atomic E-state index is 0.297. The Labute approximate surface area is 155 Å². The van der Waals surface area contributed by atoms with Crippen LogP contribution in [0.2, 0.25) is 10.0 Å². The van der Waals surface area contributed by atoms with Gasteiger partial charge >= 0.3 is 6.03 Å². The lowest BCUT2D eigenvalue weighted by atomic mass is 10.3. The maximum absolute atomic E-state index is 12.2. The molecule has 0 bridgehead atoms. The zero-order valence-electron chi connectivity index (χ0n) is 12.4. The Morgan fingerprint density at radius 3 is 2.27 bits per heavy atom. The number of nitrogens with one attached hydrogen (secondary N) is 2. The number of rotatable bonds is 8. The van der Waals surface area contributed by atoms with E-state index in [-0.39, 0.29) is 6.03 Å². The van der Waals surface area contributed by atoms with Crippen LogP contribution in [-0.2, 0) is 11.8 Å². The first-order valence-corrected chi connectivity index (χ1v) is 13.6. The molecule has 1 rings (SSSR count). The van der Waals surface area contributed by atoms with Gasteiger partial charge in [0.25, 0.3) is 0 Å². The summed E-state index contributed by atoms with van der Waals surface area (Å²) in [6.07, 6.45) is 2.07. The molecule has 0 aromatic heterocycles. The Hall–Kier alpha value is 0.420. The molecule has 22 heavy (non-hydrogen) atoms. The predicted octanol–water partition coefficient (Wildman–Crippen LogP) is 6.63. The summed E-state index contributed by atoms with van der Waals surface area (Å²) < 4.78 is -2.02. The monoisotopic (exact) mass is 416 g/mol. The molecule has 124 valence electrons. The average Bonchev–Trinajstić information content (AvgIpc) is 2.47. The van der Waals surface area contributed by atoms with Gasteiger partial charge in [0.1, 0.15) is 4.59 Å². The number of carbonyl (C=O) groups excluding carboxylic acids is 1. The summed E-state index contributed by atoms with van der Waals surface area (Å²) in [4.78, 5) is 12.2. The van der Waals surface area contributed by atoms with Crippen molar-refractivity contribution in [2.24, 2.45) is 0 Å². The molecule has 1 aromatic carbocycles. The molecule has 0 aliphatic rings. The molecule has 1 aromatic rings. The lowest BCUT2D eigenvalue weighted by Crippen LogP contribution is -2.24. The van der Waals surface area contributed by atoms with Gasteiger partial charge in [0.2, 0.25) is 0 Å². The van der Waals surface area contributed by atoms with E-state index in [1.807, 2.05) is 0 Å². The minimum Gasteiger partial charge on any atom is -0.308 e. The van der Waals surface area contributed by atoms with Gasteiger partial charge in [0.15, 0.2) is 0 Å². The second-order valence-electron chi connectivity index (χ2n) is 4.36. The molecule has 0 saturated carbocycles. The maximum atomic E-state index is 12.2. The van der Waals surface area contributed by atoms with E-state index in [9.17, 15) is 4.79 Å². The van der Waals surface area contributed by atoms with E-state index in [4.69, 9.17) is 35.0 Å². The third-order valence-electron chi connectivity index (χ3n) is 2.35. The van der Waals surface area contributed by atoms with Gasteiger partial charge < -0.3 is 5.32 Å². The number of benzene rings is 1. The number of hydrogen-bond acceptors (Lipinski definition) is 4. The summed E-state index contributed by atoms with van der Waals surface area (Å²) in [5.74, 6) is 1.89. The summed E-state index contributed by atoms with van der Waals surface area (Å²) in [6, 6.07) is 4.67. The van der Waals surface area contributed by atoms with Crippen molar-refractivity contribution in [3.63, 3.8) is 0 Å². The summed E-state index contributed by atoms with van der Waals surface area (Å²) in [5, 5.41) is 6.59. The van der Waals surface area contributed by atoms with Gasteiger partial charge in [-0.2, -0.15) is 0 Å². The van der Waals surface area contributed by atoms with Gasteiger partial charge in [0, 0.05) is 17.2 Å². The summed E-state index contributed by atoms with van der Waals surface area (Å²) >= 11 is 20.8. The first-order valence-electron chi connectivity index (χ1n) is 6.83. The highest BCUT2D eigenvalue weighted by Crippen LogP contribution is 2.66. The summed E-state index contributed by atoms with van der Waals surface area (Å²) in [7, 11) is 0. The van der Waals surface area contributed by atoms with Gasteiger partial charge in [-0.05, 0) is 31.0 Å². The number of amides is 2. The fourth-order valence-corrected chi connectivity index (χ4v) is 10.3. The Bertz CT molecular complexity index is 548. The van der Waals surface area contributed by atoms with Crippen molar-refractivity contribution in [2.45, 2.75) is 26.7 Å². The van der Waals surface area contributed by atoms with E-state index in [1.165, 1.54) is 0 Å². The van der Waals surface area contributed by atoms with E-state index < -0.39 is 4.59 Å². The zero-order chi connectivity index (χ0) is 16.6. The Morgan fingerprint density at radius 2 is 1.77 bits per heavy atom. The van der Waals surface area contributed by atoms with Crippen molar-refractivity contribution in [2.75, 3.05) is 16.8 Å². The third kappa shape index (κ3) is 7.33. The smallest absolute Gasteiger partial charge is 0.308 e. The molecule has 3 nitrogen and oxygen atoms in total.